The van der Waals surface area contributed by atoms with Crippen molar-refractivity contribution in [1.29, 1.82) is 0 Å². The summed E-state index contributed by atoms with van der Waals surface area (Å²) < 4.78 is 34.7. The quantitative estimate of drug-likeness (QED) is 0.0197. The molecular weight excluding hydrogens is 818 g/mol. The summed E-state index contributed by atoms with van der Waals surface area (Å²) in [7, 11) is 1.34. The van der Waals surface area contributed by atoms with Gasteiger partial charge in [0.1, 0.15) is 19.3 Å². The van der Waals surface area contributed by atoms with Gasteiger partial charge >= 0.3 is 5.97 Å². The van der Waals surface area contributed by atoms with Crippen LogP contribution in [0.25, 0.3) is 0 Å². The summed E-state index contributed by atoms with van der Waals surface area (Å²) >= 11 is 0. The zero-order chi connectivity index (χ0) is 46.9. The highest BCUT2D eigenvalue weighted by Crippen LogP contribution is 2.38. The van der Waals surface area contributed by atoms with Gasteiger partial charge in [-0.05, 0) is 51.4 Å². The summed E-state index contributed by atoms with van der Waals surface area (Å²) in [6, 6.07) is 0. The lowest BCUT2D eigenvalue weighted by molar-refractivity contribution is -0.870. The van der Waals surface area contributed by atoms with Crippen molar-refractivity contribution >= 4 is 13.8 Å². The zero-order valence-corrected chi connectivity index (χ0v) is 43.6. The Kier molecular flexibility index (Phi) is 46.8. The molecule has 0 fully saturated rings. The monoisotopic (exact) mass is 922 g/mol. The summed E-state index contributed by atoms with van der Waals surface area (Å²) in [5, 5.41) is 0. The number of hydrogen-bond donors (Lipinski definition) is 0. The molecule has 0 bridgehead atoms. The van der Waals surface area contributed by atoms with Gasteiger partial charge < -0.3 is 27.9 Å². The minimum atomic E-state index is -4.54. The minimum Gasteiger partial charge on any atom is -0.756 e. The van der Waals surface area contributed by atoms with E-state index >= 15 is 0 Å². The number of hydrogen-bond acceptors (Lipinski definition) is 7. The van der Waals surface area contributed by atoms with Crippen LogP contribution in [0.4, 0.5) is 0 Å². The third-order valence-corrected chi connectivity index (χ3v) is 12.6. The summed E-state index contributed by atoms with van der Waals surface area (Å²) in [6.07, 6.45) is 60.1. The van der Waals surface area contributed by atoms with E-state index in [9.17, 15) is 14.3 Å². The average Bonchev–Trinajstić information content (AvgIpc) is 3.25. The highest BCUT2D eigenvalue weighted by atomic mass is 31.2. The first-order valence-electron chi connectivity index (χ1n) is 26.9. The lowest BCUT2D eigenvalue weighted by Crippen LogP contribution is -2.37. The van der Waals surface area contributed by atoms with Gasteiger partial charge in [-0.15, -0.1) is 0 Å². The van der Waals surface area contributed by atoms with Crippen LogP contribution in [0.1, 0.15) is 239 Å². The van der Waals surface area contributed by atoms with E-state index in [1.807, 2.05) is 21.1 Å². The second-order valence-corrected chi connectivity index (χ2v) is 20.6. The van der Waals surface area contributed by atoms with Crippen LogP contribution in [-0.4, -0.2) is 70.7 Å². The second-order valence-electron chi connectivity index (χ2n) is 19.2. The van der Waals surface area contributed by atoms with Gasteiger partial charge in [-0.3, -0.25) is 9.36 Å². The highest BCUT2D eigenvalue weighted by molar-refractivity contribution is 7.45. The number of rotatable bonds is 50. The van der Waals surface area contributed by atoms with Crippen LogP contribution >= 0.6 is 7.82 Å². The van der Waals surface area contributed by atoms with E-state index < -0.39 is 13.9 Å². The third kappa shape index (κ3) is 51.4. The largest absolute Gasteiger partial charge is 0.756 e. The number of likely N-dealkylation sites (N-methyl/N-ethyl adjacent to an activating group) is 1. The first-order chi connectivity index (χ1) is 31.1. The number of phosphoric acid groups is 1. The van der Waals surface area contributed by atoms with Crippen LogP contribution < -0.4 is 4.89 Å². The van der Waals surface area contributed by atoms with Crippen LogP contribution in [0.2, 0.25) is 0 Å². The molecule has 0 radical (unpaired) electrons. The Morgan fingerprint density at radius 2 is 0.906 bits per heavy atom. The molecule has 8 nitrogen and oxygen atoms in total. The fourth-order valence-electron chi connectivity index (χ4n) is 7.54. The van der Waals surface area contributed by atoms with Gasteiger partial charge in [0.15, 0.2) is 0 Å². The molecule has 9 heteroatoms. The molecule has 376 valence electrons. The molecule has 0 saturated heterocycles. The van der Waals surface area contributed by atoms with E-state index in [0.29, 0.717) is 17.6 Å². The topological polar surface area (TPSA) is 94.1 Å². The van der Waals surface area contributed by atoms with E-state index in [-0.39, 0.29) is 32.2 Å². The normalized spacial score (nSPS) is 13.9. The average molecular weight is 922 g/mol. The predicted molar refractivity (Wildman–Crippen MR) is 273 cm³/mol. The number of carbonyl (C=O) groups excluding carboxylic acids is 1. The third-order valence-electron chi connectivity index (χ3n) is 11.6. The van der Waals surface area contributed by atoms with Crippen molar-refractivity contribution in [2.45, 2.75) is 245 Å². The van der Waals surface area contributed by atoms with E-state index in [1.165, 1.54) is 148 Å². The van der Waals surface area contributed by atoms with Crippen molar-refractivity contribution in [3.63, 3.8) is 0 Å². The summed E-state index contributed by atoms with van der Waals surface area (Å²) in [5.74, 6) is -0.354. The lowest BCUT2D eigenvalue weighted by atomic mass is 10.0. The van der Waals surface area contributed by atoms with Crippen LogP contribution in [0.15, 0.2) is 48.6 Å². The highest BCUT2D eigenvalue weighted by Gasteiger charge is 2.20. The molecular formula is C55H104NO7P. The maximum absolute atomic E-state index is 12.7. The maximum Gasteiger partial charge on any atom is 0.306 e. The van der Waals surface area contributed by atoms with E-state index in [0.717, 1.165) is 70.6 Å². The van der Waals surface area contributed by atoms with Gasteiger partial charge in [0.05, 0.1) is 34.4 Å². The molecule has 0 aliphatic heterocycles. The number of esters is 1. The van der Waals surface area contributed by atoms with Crippen LogP contribution in [0.5, 0.6) is 0 Å². The Hall–Kier alpha value is -1.54. The molecule has 64 heavy (non-hydrogen) atoms. The van der Waals surface area contributed by atoms with E-state index in [1.54, 1.807) is 0 Å². The summed E-state index contributed by atoms with van der Waals surface area (Å²) in [4.78, 5) is 25.2. The number of carbonyl (C=O) groups is 1. The molecule has 0 saturated carbocycles. The SMILES string of the molecule is CC/C=C\C/C=C\C/C=C\C/C=C\CCCCCCC(=O)OC(COCCCCCCCCCCCCCCCCCCCCCCCCCCC)COP(=O)([O-])OCC[N+](C)(C)C. The van der Waals surface area contributed by atoms with Crippen molar-refractivity contribution in [3.05, 3.63) is 48.6 Å². The molecule has 0 heterocycles. The molecule has 0 aromatic carbocycles. The minimum absolute atomic E-state index is 0.0209. The Morgan fingerprint density at radius 3 is 1.36 bits per heavy atom. The van der Waals surface area contributed by atoms with Crippen molar-refractivity contribution < 1.29 is 37.3 Å². The van der Waals surface area contributed by atoms with Gasteiger partial charge in [-0.2, -0.15) is 0 Å². The first-order valence-corrected chi connectivity index (χ1v) is 28.3. The molecule has 0 N–H and O–H groups in total. The summed E-state index contributed by atoms with van der Waals surface area (Å²) in [6.45, 7) is 5.30. The molecule has 0 aliphatic rings. The van der Waals surface area contributed by atoms with Crippen molar-refractivity contribution in [2.24, 2.45) is 0 Å². The molecule has 0 aromatic heterocycles. The fourth-order valence-corrected chi connectivity index (χ4v) is 8.27. The zero-order valence-electron chi connectivity index (χ0n) is 42.7. The van der Waals surface area contributed by atoms with Crippen molar-refractivity contribution in [1.82, 2.24) is 0 Å². The first kappa shape index (κ1) is 62.5. The van der Waals surface area contributed by atoms with Gasteiger partial charge in [0.25, 0.3) is 7.82 Å². The number of quaternary nitrogens is 1. The molecule has 0 aromatic rings. The smallest absolute Gasteiger partial charge is 0.306 e. The van der Waals surface area contributed by atoms with Crippen molar-refractivity contribution in [2.75, 3.05) is 54.1 Å². The maximum atomic E-state index is 12.7. The van der Waals surface area contributed by atoms with Gasteiger partial charge in [0, 0.05) is 13.0 Å². The standard InChI is InChI=1S/C55H104NO7P/c1-6-8-10-12-14-16-18-20-22-24-25-26-27-28-29-30-31-33-35-37-39-41-43-45-47-50-60-52-54(53-62-64(58,59)61-51-49-56(3,4)5)63-55(57)48-46-44-42-40-38-36-34-32-23-21-19-17-15-13-11-9-7-2/h9,11,15,17,21,23,34,36,54H,6-8,10,12-14,16,18-20,22,24-33,35,37-53H2,1-5H3/b11-9-,17-15-,23-21-,36-34-. The molecule has 2 atom stereocenters. The number of phosphoric ester groups is 1. The molecule has 2 unspecified atom stereocenters. The molecule has 0 amide bonds. The van der Waals surface area contributed by atoms with Crippen LogP contribution in [0, 0.1) is 0 Å². The van der Waals surface area contributed by atoms with Gasteiger partial charge in [-0.1, -0.05) is 229 Å². The van der Waals surface area contributed by atoms with E-state index in [2.05, 4.69) is 62.5 Å². The number of allylic oxidation sites excluding steroid dienone is 8. The van der Waals surface area contributed by atoms with Gasteiger partial charge in [-0.25, -0.2) is 0 Å². The van der Waals surface area contributed by atoms with E-state index in [4.69, 9.17) is 18.5 Å². The van der Waals surface area contributed by atoms with Crippen LogP contribution in [0.3, 0.4) is 0 Å². The number of ether oxygens (including phenoxy) is 2. The van der Waals surface area contributed by atoms with Crippen LogP contribution in [-0.2, 0) is 27.9 Å². The molecule has 0 spiro atoms. The van der Waals surface area contributed by atoms with Gasteiger partial charge in [0.2, 0.25) is 0 Å². The number of unbranched alkanes of at least 4 members (excludes halogenated alkanes) is 28. The second kappa shape index (κ2) is 47.9. The van der Waals surface area contributed by atoms with Crippen molar-refractivity contribution in [3.8, 4) is 0 Å². The Balaban J connectivity index is 4.08. The Labute approximate surface area is 397 Å². The fraction of sp³-hybridized carbons (Fsp3) is 0.836. The molecule has 0 rings (SSSR count). The number of nitrogens with zero attached hydrogens (tertiary/aromatic N) is 1. The Bertz CT molecular complexity index is 1160. The lowest BCUT2D eigenvalue weighted by Gasteiger charge is -2.28. The molecule has 0 aliphatic carbocycles. The Morgan fingerprint density at radius 1 is 0.500 bits per heavy atom. The summed E-state index contributed by atoms with van der Waals surface area (Å²) in [5.41, 5.74) is 0. The predicted octanol–water partition coefficient (Wildman–Crippen LogP) is 16.0.